The molecule has 1 N–H and O–H groups in total. The standard InChI is InChI=1S/C22H17FN4O/c23-19-10-15(14-7-8-20-17(9-14)11-25-26-20)5-6-16(19)12-27-13-24-21-4-2-1-3-18(21)22(27)28/h1-11,13,17,20,26H,12H2. The number of hydrazone groups is 1. The van der Waals surface area contributed by atoms with Gasteiger partial charge in [0.2, 0.25) is 0 Å². The molecule has 0 radical (unpaired) electrons. The van der Waals surface area contributed by atoms with Gasteiger partial charge in [0.15, 0.2) is 0 Å². The number of nitrogens with one attached hydrogen (secondary N) is 1. The second kappa shape index (κ2) is 6.56. The number of fused-ring (bicyclic) bond motifs is 2. The molecule has 0 saturated heterocycles. The first-order valence-electron chi connectivity index (χ1n) is 9.11. The summed E-state index contributed by atoms with van der Waals surface area (Å²) in [5, 5.41) is 4.61. The monoisotopic (exact) mass is 372 g/mol. The van der Waals surface area contributed by atoms with Crippen LogP contribution in [-0.2, 0) is 6.54 Å². The fraction of sp³-hybridized carbons (Fsp3) is 0.136. The molecule has 2 unspecified atom stereocenters. The maximum absolute atomic E-state index is 14.8. The van der Waals surface area contributed by atoms with Gasteiger partial charge >= 0.3 is 0 Å². The van der Waals surface area contributed by atoms with Crippen LogP contribution in [-0.4, -0.2) is 21.8 Å². The summed E-state index contributed by atoms with van der Waals surface area (Å²) in [5.41, 5.74) is 5.70. The van der Waals surface area contributed by atoms with Gasteiger partial charge in [-0.15, -0.1) is 0 Å². The SMILES string of the molecule is O=c1c2ccccc2ncn1Cc1ccc(C2=CC3C=NNC3C=C2)cc1F. The van der Waals surface area contributed by atoms with Gasteiger partial charge in [0.25, 0.3) is 5.56 Å². The maximum Gasteiger partial charge on any atom is 0.261 e. The quantitative estimate of drug-likeness (QED) is 0.769. The highest BCUT2D eigenvalue weighted by Crippen LogP contribution is 2.27. The Morgan fingerprint density at radius 3 is 2.96 bits per heavy atom. The molecule has 0 saturated carbocycles. The summed E-state index contributed by atoms with van der Waals surface area (Å²) in [6.07, 6.45) is 9.43. The Kier molecular flexibility index (Phi) is 3.90. The first kappa shape index (κ1) is 16.6. The lowest BCUT2D eigenvalue weighted by atomic mass is 9.90. The molecule has 2 heterocycles. The highest BCUT2D eigenvalue weighted by atomic mass is 19.1. The number of hydrogen-bond donors (Lipinski definition) is 1. The molecular weight excluding hydrogens is 355 g/mol. The Hall–Kier alpha value is -3.54. The van der Waals surface area contributed by atoms with Gasteiger partial charge in [0.05, 0.1) is 29.8 Å². The molecule has 2 atom stereocenters. The average molecular weight is 372 g/mol. The Bertz CT molecular complexity index is 1220. The number of benzene rings is 2. The molecule has 1 aromatic heterocycles. The van der Waals surface area contributed by atoms with Crippen molar-refractivity contribution in [3.8, 4) is 0 Å². The van der Waals surface area contributed by atoms with Crippen LogP contribution in [0.5, 0.6) is 0 Å². The molecule has 3 aromatic rings. The Morgan fingerprint density at radius 2 is 2.07 bits per heavy atom. The summed E-state index contributed by atoms with van der Waals surface area (Å²) in [6.45, 7) is 0.138. The normalized spacial score (nSPS) is 20.1. The van der Waals surface area contributed by atoms with E-state index in [9.17, 15) is 9.18 Å². The lowest BCUT2D eigenvalue weighted by molar-refractivity contribution is 0.594. The summed E-state index contributed by atoms with van der Waals surface area (Å²) in [4.78, 5) is 16.9. The van der Waals surface area contributed by atoms with E-state index in [1.165, 1.54) is 17.0 Å². The Balaban J connectivity index is 1.45. The van der Waals surface area contributed by atoms with Crippen LogP contribution in [0.1, 0.15) is 11.1 Å². The third kappa shape index (κ3) is 2.83. The molecule has 0 bridgehead atoms. The summed E-state index contributed by atoms with van der Waals surface area (Å²) in [5.74, 6) is -0.155. The number of hydrogen-bond acceptors (Lipinski definition) is 4. The molecule has 1 aliphatic carbocycles. The van der Waals surface area contributed by atoms with E-state index in [0.717, 1.165) is 11.1 Å². The molecule has 28 heavy (non-hydrogen) atoms. The third-order valence-corrected chi connectivity index (χ3v) is 5.20. The average Bonchev–Trinajstić information content (AvgIpc) is 3.19. The van der Waals surface area contributed by atoms with Crippen LogP contribution in [0, 0.1) is 11.7 Å². The van der Waals surface area contributed by atoms with Crippen LogP contribution in [0.3, 0.4) is 0 Å². The van der Waals surface area contributed by atoms with Crippen molar-refractivity contribution in [1.29, 1.82) is 0 Å². The van der Waals surface area contributed by atoms with Crippen LogP contribution in [0.2, 0.25) is 0 Å². The molecule has 2 aromatic carbocycles. The van der Waals surface area contributed by atoms with Crippen molar-refractivity contribution < 1.29 is 4.39 Å². The van der Waals surface area contributed by atoms with Gasteiger partial charge in [-0.2, -0.15) is 5.10 Å². The second-order valence-electron chi connectivity index (χ2n) is 6.99. The van der Waals surface area contributed by atoms with E-state index in [1.807, 2.05) is 30.5 Å². The highest BCUT2D eigenvalue weighted by molar-refractivity contribution is 5.81. The molecule has 5 nitrogen and oxygen atoms in total. The number of para-hydroxylation sites is 1. The summed E-state index contributed by atoms with van der Waals surface area (Å²) in [6, 6.07) is 12.5. The summed E-state index contributed by atoms with van der Waals surface area (Å²) in [7, 11) is 0. The largest absolute Gasteiger partial charge is 0.302 e. The van der Waals surface area contributed by atoms with E-state index in [-0.39, 0.29) is 29.9 Å². The third-order valence-electron chi connectivity index (χ3n) is 5.20. The van der Waals surface area contributed by atoms with Crippen molar-refractivity contribution in [1.82, 2.24) is 15.0 Å². The molecule has 0 spiro atoms. The van der Waals surface area contributed by atoms with Gasteiger partial charge in [-0.25, -0.2) is 9.37 Å². The molecule has 0 amide bonds. The number of aromatic nitrogens is 2. The summed E-state index contributed by atoms with van der Waals surface area (Å²) >= 11 is 0. The molecule has 6 heteroatoms. The van der Waals surface area contributed by atoms with Crippen molar-refractivity contribution in [2.24, 2.45) is 11.0 Å². The van der Waals surface area contributed by atoms with Crippen molar-refractivity contribution in [2.75, 3.05) is 0 Å². The van der Waals surface area contributed by atoms with E-state index >= 15 is 0 Å². The van der Waals surface area contributed by atoms with Crippen molar-refractivity contribution in [2.45, 2.75) is 12.6 Å². The van der Waals surface area contributed by atoms with Crippen molar-refractivity contribution >= 4 is 22.7 Å². The highest BCUT2D eigenvalue weighted by Gasteiger charge is 2.23. The van der Waals surface area contributed by atoms with Crippen molar-refractivity contribution in [3.63, 3.8) is 0 Å². The van der Waals surface area contributed by atoms with E-state index in [2.05, 4.69) is 21.6 Å². The number of nitrogens with zero attached hydrogens (tertiary/aromatic N) is 3. The molecule has 5 rings (SSSR count). The Labute approximate surface area is 160 Å². The van der Waals surface area contributed by atoms with Gasteiger partial charge in [-0.3, -0.25) is 9.36 Å². The van der Waals surface area contributed by atoms with E-state index < -0.39 is 0 Å². The van der Waals surface area contributed by atoms with Gasteiger partial charge in [-0.1, -0.05) is 42.5 Å². The fourth-order valence-electron chi connectivity index (χ4n) is 3.63. The summed E-state index contributed by atoms with van der Waals surface area (Å²) < 4.78 is 16.2. The maximum atomic E-state index is 14.8. The van der Waals surface area contributed by atoms with Crippen molar-refractivity contribution in [3.05, 3.63) is 94.3 Å². The minimum absolute atomic E-state index is 0.138. The molecule has 2 aliphatic rings. The second-order valence-corrected chi connectivity index (χ2v) is 6.99. The first-order valence-corrected chi connectivity index (χ1v) is 9.11. The topological polar surface area (TPSA) is 59.3 Å². The minimum Gasteiger partial charge on any atom is -0.302 e. The van der Waals surface area contributed by atoms with Gasteiger partial charge < -0.3 is 5.43 Å². The zero-order valence-corrected chi connectivity index (χ0v) is 14.9. The van der Waals surface area contributed by atoms with E-state index in [0.29, 0.717) is 16.5 Å². The van der Waals surface area contributed by atoms with Crippen LogP contribution in [0.15, 0.2) is 76.9 Å². The van der Waals surface area contributed by atoms with Gasteiger partial charge in [0.1, 0.15) is 5.82 Å². The van der Waals surface area contributed by atoms with Gasteiger partial charge in [0, 0.05) is 17.7 Å². The van der Waals surface area contributed by atoms with Crippen LogP contribution in [0.4, 0.5) is 4.39 Å². The van der Waals surface area contributed by atoms with E-state index in [1.54, 1.807) is 24.3 Å². The first-order chi connectivity index (χ1) is 13.7. The number of halogens is 1. The molecule has 1 aliphatic heterocycles. The molecule has 0 fully saturated rings. The lowest BCUT2D eigenvalue weighted by Gasteiger charge is -2.18. The smallest absolute Gasteiger partial charge is 0.261 e. The zero-order valence-electron chi connectivity index (χ0n) is 14.9. The predicted molar refractivity (Wildman–Crippen MR) is 108 cm³/mol. The van der Waals surface area contributed by atoms with E-state index in [4.69, 9.17) is 0 Å². The van der Waals surface area contributed by atoms with Crippen LogP contribution < -0.4 is 11.0 Å². The van der Waals surface area contributed by atoms with Gasteiger partial charge in [-0.05, 0) is 29.3 Å². The predicted octanol–water partition coefficient (Wildman–Crippen LogP) is 3.11. The van der Waals surface area contributed by atoms with Crippen LogP contribution in [0.25, 0.3) is 16.5 Å². The lowest BCUT2D eigenvalue weighted by Crippen LogP contribution is -2.25. The number of rotatable bonds is 3. The zero-order chi connectivity index (χ0) is 19.1. The minimum atomic E-state index is -0.341. The number of allylic oxidation sites excluding steroid dienone is 2. The Morgan fingerprint density at radius 1 is 1.18 bits per heavy atom. The fourth-order valence-corrected chi connectivity index (χ4v) is 3.63. The molecule has 138 valence electrons. The molecular formula is C22H17FN4O. The van der Waals surface area contributed by atoms with Crippen LogP contribution >= 0.6 is 0 Å².